The predicted octanol–water partition coefficient (Wildman–Crippen LogP) is 3.55. The molecule has 0 unspecified atom stereocenters. The highest BCUT2D eigenvalue weighted by Gasteiger charge is 2.41. The first-order chi connectivity index (χ1) is 14.6. The molecule has 30 heavy (non-hydrogen) atoms. The molecule has 1 N–H and O–H groups in total. The summed E-state index contributed by atoms with van der Waals surface area (Å²) in [5.41, 5.74) is 4.41. The minimum absolute atomic E-state index is 0.000190. The molecule has 0 radical (unpaired) electrons. The minimum Gasteiger partial charge on any atom is -0.353 e. The average Bonchev–Trinajstić information content (AvgIpc) is 3.46. The number of nitrogens with one attached hydrogen (secondary N) is 1. The summed E-state index contributed by atoms with van der Waals surface area (Å²) in [6.45, 7) is 8.97. The van der Waals surface area contributed by atoms with E-state index >= 15 is 0 Å². The van der Waals surface area contributed by atoms with Gasteiger partial charge >= 0.3 is 0 Å². The number of benzene rings is 1. The van der Waals surface area contributed by atoms with Crippen LogP contribution in [0.3, 0.4) is 0 Å². The van der Waals surface area contributed by atoms with Crippen molar-refractivity contribution >= 4 is 23.6 Å². The third-order valence-corrected chi connectivity index (χ3v) is 6.63. The highest BCUT2D eigenvalue weighted by atomic mass is 16.2. The Morgan fingerprint density at radius 2 is 1.97 bits per heavy atom. The summed E-state index contributed by atoms with van der Waals surface area (Å²) < 4.78 is 2.10. The zero-order valence-corrected chi connectivity index (χ0v) is 18.1. The van der Waals surface area contributed by atoms with E-state index in [4.69, 9.17) is 4.98 Å². The number of hydrogen-bond donors (Lipinski definition) is 1. The molecule has 158 valence electrons. The second-order valence-corrected chi connectivity index (χ2v) is 8.62. The Labute approximate surface area is 177 Å². The molecular formula is C23H30N6O. The molecule has 3 aliphatic rings. The van der Waals surface area contributed by atoms with Crippen molar-refractivity contribution in [1.29, 1.82) is 0 Å². The van der Waals surface area contributed by atoms with Crippen molar-refractivity contribution in [2.24, 2.45) is 4.99 Å². The maximum Gasteiger partial charge on any atom is 0.281 e. The van der Waals surface area contributed by atoms with Gasteiger partial charge in [0.15, 0.2) is 11.5 Å². The zero-order chi connectivity index (χ0) is 20.8. The van der Waals surface area contributed by atoms with Crippen LogP contribution in [0.2, 0.25) is 0 Å². The monoisotopic (exact) mass is 406 g/mol. The third kappa shape index (κ3) is 3.07. The molecule has 0 atom stereocenters. The van der Waals surface area contributed by atoms with Gasteiger partial charge in [0.25, 0.3) is 5.91 Å². The van der Waals surface area contributed by atoms with Crippen molar-refractivity contribution in [3.63, 3.8) is 0 Å². The summed E-state index contributed by atoms with van der Waals surface area (Å²) in [6, 6.07) is 6.95. The lowest BCUT2D eigenvalue weighted by Gasteiger charge is -2.32. The highest BCUT2D eigenvalue weighted by Crippen LogP contribution is 2.34. The summed E-state index contributed by atoms with van der Waals surface area (Å²) >= 11 is 0. The van der Waals surface area contributed by atoms with Crippen LogP contribution in [0, 0.1) is 13.8 Å². The van der Waals surface area contributed by atoms with E-state index in [9.17, 15) is 4.79 Å². The molecule has 0 bridgehead atoms. The van der Waals surface area contributed by atoms with Crippen LogP contribution in [-0.4, -0.2) is 52.0 Å². The number of amides is 1. The molecule has 0 spiro atoms. The average molecular weight is 407 g/mol. The Hall–Kier alpha value is -2.83. The van der Waals surface area contributed by atoms with Crippen molar-refractivity contribution in [2.75, 3.05) is 29.9 Å². The Morgan fingerprint density at radius 1 is 1.17 bits per heavy atom. The third-order valence-electron chi connectivity index (χ3n) is 6.63. The van der Waals surface area contributed by atoms with Crippen LogP contribution in [0.25, 0.3) is 0 Å². The van der Waals surface area contributed by atoms with Crippen LogP contribution in [0.1, 0.15) is 59.8 Å². The second-order valence-electron chi connectivity index (χ2n) is 8.62. The SMILES string of the molecule is CCN1C(=O)c2c(nc(NC3CCCC3)n2Cc2ccc(C)c(C)c2)N2CCN=C12. The van der Waals surface area contributed by atoms with Gasteiger partial charge in [-0.2, -0.15) is 4.98 Å². The van der Waals surface area contributed by atoms with Gasteiger partial charge in [0, 0.05) is 19.1 Å². The second kappa shape index (κ2) is 7.45. The Balaban J connectivity index is 1.60. The lowest BCUT2D eigenvalue weighted by molar-refractivity contribution is 0.0836. The number of aliphatic imine (C=N–C) groups is 1. The van der Waals surface area contributed by atoms with Crippen LogP contribution >= 0.6 is 0 Å². The summed E-state index contributed by atoms with van der Waals surface area (Å²) in [4.78, 5) is 26.9. The molecule has 0 saturated heterocycles. The zero-order valence-electron chi connectivity index (χ0n) is 18.1. The fourth-order valence-electron chi connectivity index (χ4n) is 4.81. The van der Waals surface area contributed by atoms with Gasteiger partial charge in [-0.25, -0.2) is 0 Å². The fourth-order valence-corrected chi connectivity index (χ4v) is 4.81. The first kappa shape index (κ1) is 19.2. The number of rotatable bonds is 5. The van der Waals surface area contributed by atoms with Crippen molar-refractivity contribution in [2.45, 2.75) is 59.0 Å². The van der Waals surface area contributed by atoms with E-state index < -0.39 is 0 Å². The van der Waals surface area contributed by atoms with E-state index in [-0.39, 0.29) is 5.91 Å². The van der Waals surface area contributed by atoms with Crippen LogP contribution < -0.4 is 10.2 Å². The number of nitrogens with zero attached hydrogens (tertiary/aromatic N) is 5. The number of hydrogen-bond acceptors (Lipinski definition) is 5. The largest absolute Gasteiger partial charge is 0.353 e. The molecule has 1 amide bonds. The highest BCUT2D eigenvalue weighted by molar-refractivity contribution is 6.18. The predicted molar refractivity (Wildman–Crippen MR) is 119 cm³/mol. The van der Waals surface area contributed by atoms with Gasteiger partial charge in [-0.1, -0.05) is 31.0 Å². The minimum atomic E-state index is 0.000190. The lowest BCUT2D eigenvalue weighted by Crippen LogP contribution is -2.50. The first-order valence-corrected chi connectivity index (χ1v) is 11.1. The summed E-state index contributed by atoms with van der Waals surface area (Å²) in [6.07, 6.45) is 4.82. The van der Waals surface area contributed by atoms with Crippen LogP contribution in [0.5, 0.6) is 0 Å². The Kier molecular flexibility index (Phi) is 4.76. The number of carbonyl (C=O) groups is 1. The number of guanidine groups is 1. The van der Waals surface area contributed by atoms with Crippen molar-refractivity contribution in [3.8, 4) is 0 Å². The summed E-state index contributed by atoms with van der Waals surface area (Å²) in [7, 11) is 0. The normalized spacial score (nSPS) is 18.6. The maximum atomic E-state index is 13.5. The molecule has 1 saturated carbocycles. The quantitative estimate of drug-likeness (QED) is 0.825. The van der Waals surface area contributed by atoms with E-state index in [0.29, 0.717) is 31.4 Å². The number of aryl methyl sites for hydroxylation is 2. The summed E-state index contributed by atoms with van der Waals surface area (Å²) in [5.74, 6) is 2.31. The molecule has 7 nitrogen and oxygen atoms in total. The van der Waals surface area contributed by atoms with Crippen LogP contribution in [-0.2, 0) is 6.54 Å². The van der Waals surface area contributed by atoms with Gasteiger partial charge in [-0.3, -0.25) is 24.2 Å². The molecular weight excluding hydrogens is 376 g/mol. The molecule has 7 heteroatoms. The van der Waals surface area contributed by atoms with E-state index in [2.05, 4.69) is 51.8 Å². The van der Waals surface area contributed by atoms with Crippen LogP contribution in [0.4, 0.5) is 11.8 Å². The molecule has 5 rings (SSSR count). The number of anilines is 2. The smallest absolute Gasteiger partial charge is 0.281 e. The number of carbonyl (C=O) groups excluding carboxylic acids is 1. The van der Waals surface area contributed by atoms with Gasteiger partial charge < -0.3 is 5.32 Å². The van der Waals surface area contributed by atoms with Crippen molar-refractivity contribution < 1.29 is 4.79 Å². The fraction of sp³-hybridized carbons (Fsp3) is 0.522. The molecule has 1 fully saturated rings. The standard InChI is InChI=1S/C23H30N6O/c1-4-27-21(30)19-20(28-12-11-24-23(27)28)26-22(25-18-7-5-6-8-18)29(19)14-17-10-9-15(2)16(3)13-17/h9-10,13,18H,4-8,11-12,14H2,1-3H3,(H,25,26). The van der Waals surface area contributed by atoms with Gasteiger partial charge in [-0.15, -0.1) is 0 Å². The first-order valence-electron chi connectivity index (χ1n) is 11.1. The summed E-state index contributed by atoms with van der Waals surface area (Å²) in [5, 5.41) is 3.66. The number of aromatic nitrogens is 2. The van der Waals surface area contributed by atoms with Crippen molar-refractivity contribution in [1.82, 2.24) is 14.5 Å². The van der Waals surface area contributed by atoms with Gasteiger partial charge in [-0.05, 0) is 50.3 Å². The van der Waals surface area contributed by atoms with Gasteiger partial charge in [0.2, 0.25) is 11.9 Å². The van der Waals surface area contributed by atoms with E-state index in [1.165, 1.54) is 29.5 Å². The molecule has 2 aliphatic heterocycles. The van der Waals surface area contributed by atoms with Crippen molar-refractivity contribution in [3.05, 3.63) is 40.6 Å². The molecule has 1 aromatic carbocycles. The van der Waals surface area contributed by atoms with Gasteiger partial charge in [0.05, 0.1) is 13.1 Å². The van der Waals surface area contributed by atoms with E-state index in [1.807, 2.05) is 6.92 Å². The van der Waals surface area contributed by atoms with Crippen LogP contribution in [0.15, 0.2) is 23.2 Å². The molecule has 1 aliphatic carbocycles. The molecule has 1 aromatic heterocycles. The Bertz CT molecular complexity index is 1020. The van der Waals surface area contributed by atoms with E-state index in [1.54, 1.807) is 4.90 Å². The molecule has 3 heterocycles. The topological polar surface area (TPSA) is 65.8 Å². The van der Waals surface area contributed by atoms with E-state index in [0.717, 1.165) is 37.1 Å². The Morgan fingerprint density at radius 3 is 2.70 bits per heavy atom. The van der Waals surface area contributed by atoms with Gasteiger partial charge in [0.1, 0.15) is 0 Å². The maximum absolute atomic E-state index is 13.5. The number of imidazole rings is 1. The lowest BCUT2D eigenvalue weighted by atomic mass is 10.1. The number of fused-ring (bicyclic) bond motifs is 3. The molecule has 2 aromatic rings.